The summed E-state index contributed by atoms with van der Waals surface area (Å²) in [5, 5.41) is 37.2. The van der Waals surface area contributed by atoms with Crippen molar-refractivity contribution in [2.75, 3.05) is 7.11 Å². The lowest BCUT2D eigenvalue weighted by molar-refractivity contribution is -0.314. The molecule has 8 atom stereocenters. The normalized spacial score (nSPS) is 38.2. The van der Waals surface area contributed by atoms with E-state index in [0.717, 1.165) is 22.5 Å². The van der Waals surface area contributed by atoms with Gasteiger partial charge in [0.1, 0.15) is 34.8 Å². The lowest BCUT2D eigenvalue weighted by Crippen LogP contribution is -2.78. The van der Waals surface area contributed by atoms with Gasteiger partial charge in [-0.15, -0.1) is 0 Å². The van der Waals surface area contributed by atoms with E-state index in [-0.39, 0.29) is 37.7 Å². The second kappa shape index (κ2) is 12.3. The number of carbonyl (C=O) groups excluding carboxylic acids is 3. The summed E-state index contributed by atoms with van der Waals surface area (Å²) in [7, 11) is 1.59. The lowest BCUT2D eigenvalue weighted by atomic mass is 9.42. The van der Waals surface area contributed by atoms with Gasteiger partial charge in [0.05, 0.1) is 12.5 Å². The SMILES string of the molecule is COc1ccc(/C=C/C(=O)O[C@H]2CC[C@@]3(C)C(=CC[C@]4(O)[C@@H]3C[C@@H](OC(=O)/C=C(\C)C(C)C)[C@@]3(C)[C@]4(O)CC[C@@]3(O)C(C)=O)C2)cc1. The Kier molecular flexibility index (Phi) is 9.18. The zero-order valence-corrected chi connectivity index (χ0v) is 28.7. The van der Waals surface area contributed by atoms with Gasteiger partial charge in [0.2, 0.25) is 0 Å². The molecular formula is C38H50O9. The molecule has 3 saturated carbocycles. The lowest BCUT2D eigenvalue weighted by Gasteiger charge is -2.67. The van der Waals surface area contributed by atoms with E-state index < -0.39 is 57.4 Å². The van der Waals surface area contributed by atoms with Crippen molar-refractivity contribution >= 4 is 23.8 Å². The highest BCUT2D eigenvalue weighted by Gasteiger charge is 2.81. The van der Waals surface area contributed by atoms with Crippen LogP contribution in [0.25, 0.3) is 6.08 Å². The summed E-state index contributed by atoms with van der Waals surface area (Å²) in [5.74, 6) is -1.31. The van der Waals surface area contributed by atoms with Gasteiger partial charge in [0.25, 0.3) is 0 Å². The zero-order valence-electron chi connectivity index (χ0n) is 28.7. The number of esters is 2. The summed E-state index contributed by atoms with van der Waals surface area (Å²) in [5.41, 5.74) is -5.22. The number of ether oxygens (including phenoxy) is 3. The van der Waals surface area contributed by atoms with Gasteiger partial charge < -0.3 is 29.5 Å². The summed E-state index contributed by atoms with van der Waals surface area (Å²) in [6.07, 6.45) is 6.77. The minimum Gasteiger partial charge on any atom is -0.497 e. The van der Waals surface area contributed by atoms with E-state index in [9.17, 15) is 29.7 Å². The van der Waals surface area contributed by atoms with Gasteiger partial charge >= 0.3 is 11.9 Å². The molecule has 1 aromatic carbocycles. The molecule has 9 heteroatoms. The van der Waals surface area contributed by atoms with Crippen LogP contribution in [0.4, 0.5) is 0 Å². The van der Waals surface area contributed by atoms with E-state index in [1.54, 1.807) is 20.1 Å². The van der Waals surface area contributed by atoms with Gasteiger partial charge in [-0.25, -0.2) is 9.59 Å². The fourth-order valence-corrected chi connectivity index (χ4v) is 9.07. The molecule has 0 heterocycles. The molecule has 0 amide bonds. The van der Waals surface area contributed by atoms with Gasteiger partial charge in [0, 0.05) is 24.5 Å². The molecule has 9 nitrogen and oxygen atoms in total. The van der Waals surface area contributed by atoms with Crippen LogP contribution in [-0.4, -0.2) is 69.2 Å². The maximum absolute atomic E-state index is 13.3. The van der Waals surface area contributed by atoms with Crippen LogP contribution in [0, 0.1) is 22.7 Å². The van der Waals surface area contributed by atoms with Crippen LogP contribution in [0.3, 0.4) is 0 Å². The molecule has 5 rings (SSSR count). The Morgan fingerprint density at radius 1 is 0.957 bits per heavy atom. The highest BCUT2D eigenvalue weighted by atomic mass is 16.6. The highest BCUT2D eigenvalue weighted by Crippen LogP contribution is 2.71. The number of rotatable bonds is 8. The van der Waals surface area contributed by atoms with E-state index in [1.165, 1.54) is 19.1 Å². The van der Waals surface area contributed by atoms with Gasteiger partial charge in [0.15, 0.2) is 5.78 Å². The first-order valence-corrected chi connectivity index (χ1v) is 16.7. The monoisotopic (exact) mass is 650 g/mol. The number of aliphatic hydroxyl groups is 3. The first kappa shape index (κ1) is 35.0. The molecule has 0 unspecified atom stereocenters. The van der Waals surface area contributed by atoms with Crippen molar-refractivity contribution in [1.82, 2.24) is 0 Å². The number of methoxy groups -OCH3 is 1. The van der Waals surface area contributed by atoms with Crippen molar-refractivity contribution < 1.29 is 43.9 Å². The van der Waals surface area contributed by atoms with E-state index in [2.05, 4.69) is 6.92 Å². The standard InChI is InChI=1S/C38H50O9/c1-23(2)24(3)20-33(41)47-31-22-30-34(5)16-15-29(46-32(40)13-10-26-8-11-28(45-7)12-9-26)21-27(34)14-17-37(30,43)38(44)19-18-36(42,25(4)39)35(31,38)6/h8-14,20,23,29-31,42-44H,15-19,21-22H2,1-7H3/b13-10+,24-20+/t29-,30+,31+,34-,35+,36+,37-,38+/m0/s1. The summed E-state index contributed by atoms with van der Waals surface area (Å²) < 4.78 is 17.1. The average molecular weight is 651 g/mol. The van der Waals surface area contributed by atoms with Gasteiger partial charge in [-0.3, -0.25) is 4.79 Å². The molecule has 0 aromatic heterocycles. The predicted molar refractivity (Wildman–Crippen MR) is 176 cm³/mol. The Bertz CT molecular complexity index is 1510. The Morgan fingerprint density at radius 3 is 2.26 bits per heavy atom. The van der Waals surface area contributed by atoms with E-state index in [0.29, 0.717) is 19.3 Å². The number of allylic oxidation sites excluding steroid dienone is 1. The van der Waals surface area contributed by atoms with Gasteiger partial charge in [-0.1, -0.05) is 50.1 Å². The molecule has 4 aliphatic carbocycles. The fourth-order valence-electron chi connectivity index (χ4n) is 9.07. The maximum atomic E-state index is 13.3. The van der Waals surface area contributed by atoms with Crippen molar-refractivity contribution in [2.24, 2.45) is 22.7 Å². The highest BCUT2D eigenvalue weighted by molar-refractivity contribution is 5.88. The number of ketones is 1. The van der Waals surface area contributed by atoms with Crippen molar-refractivity contribution in [3.05, 3.63) is 59.2 Å². The van der Waals surface area contributed by atoms with Crippen LogP contribution >= 0.6 is 0 Å². The quantitative estimate of drug-likeness (QED) is 0.195. The molecule has 256 valence electrons. The average Bonchev–Trinajstić information content (AvgIpc) is 3.26. The largest absolute Gasteiger partial charge is 0.497 e. The Morgan fingerprint density at radius 2 is 1.64 bits per heavy atom. The molecule has 3 fully saturated rings. The number of benzene rings is 1. The first-order chi connectivity index (χ1) is 21.9. The molecule has 0 bridgehead atoms. The minimum absolute atomic E-state index is 0.0263. The summed E-state index contributed by atoms with van der Waals surface area (Å²) >= 11 is 0. The molecule has 1 aromatic rings. The number of carbonyl (C=O) groups is 3. The first-order valence-electron chi connectivity index (χ1n) is 16.7. The molecule has 3 N–H and O–H groups in total. The summed E-state index contributed by atoms with van der Waals surface area (Å²) in [6, 6.07) is 7.32. The van der Waals surface area contributed by atoms with Gasteiger partial charge in [-0.05, 0) is 94.4 Å². The summed E-state index contributed by atoms with van der Waals surface area (Å²) in [4.78, 5) is 39.1. The van der Waals surface area contributed by atoms with Crippen LogP contribution in [0.5, 0.6) is 5.75 Å². The molecule has 0 aliphatic heterocycles. The van der Waals surface area contributed by atoms with Crippen molar-refractivity contribution in [3.8, 4) is 5.75 Å². The van der Waals surface area contributed by atoms with Crippen LogP contribution in [0.1, 0.15) is 92.1 Å². The second-order valence-electron chi connectivity index (χ2n) is 14.9. The second-order valence-corrected chi connectivity index (χ2v) is 14.9. The van der Waals surface area contributed by atoms with Crippen molar-refractivity contribution in [1.29, 1.82) is 0 Å². The fraction of sp³-hybridized carbons (Fsp3) is 0.605. The topological polar surface area (TPSA) is 140 Å². The van der Waals surface area contributed by atoms with Crippen LogP contribution in [-0.2, 0) is 23.9 Å². The Labute approximate surface area is 277 Å². The number of hydrogen-bond donors (Lipinski definition) is 3. The third-order valence-electron chi connectivity index (χ3n) is 12.5. The molecule has 0 radical (unpaired) electrons. The summed E-state index contributed by atoms with van der Waals surface area (Å²) in [6.45, 7) is 10.7. The molecule has 0 spiro atoms. The number of hydrogen-bond acceptors (Lipinski definition) is 9. The molecule has 4 aliphatic rings. The van der Waals surface area contributed by atoms with Crippen LogP contribution in [0.2, 0.25) is 0 Å². The van der Waals surface area contributed by atoms with E-state index in [4.69, 9.17) is 14.2 Å². The smallest absolute Gasteiger partial charge is 0.331 e. The Balaban J connectivity index is 1.42. The molecule has 0 saturated heterocycles. The minimum atomic E-state index is -2.00. The number of Topliss-reactive ketones (excluding diaryl/α,β-unsaturated/α-hetero) is 1. The van der Waals surface area contributed by atoms with Crippen molar-refractivity contribution in [3.63, 3.8) is 0 Å². The molecule has 47 heavy (non-hydrogen) atoms. The van der Waals surface area contributed by atoms with Crippen molar-refractivity contribution in [2.45, 2.75) is 115 Å². The predicted octanol–water partition coefficient (Wildman–Crippen LogP) is 5.26. The van der Waals surface area contributed by atoms with Crippen LogP contribution in [0.15, 0.2) is 53.6 Å². The third-order valence-corrected chi connectivity index (χ3v) is 12.5. The van der Waals surface area contributed by atoms with Gasteiger partial charge in [-0.2, -0.15) is 0 Å². The van der Waals surface area contributed by atoms with E-state index >= 15 is 0 Å². The van der Waals surface area contributed by atoms with E-state index in [1.807, 2.05) is 51.1 Å². The maximum Gasteiger partial charge on any atom is 0.331 e. The third kappa shape index (κ3) is 5.48. The Hall–Kier alpha value is -3.27. The molecular weight excluding hydrogens is 600 g/mol. The van der Waals surface area contributed by atoms with Crippen LogP contribution < -0.4 is 4.74 Å². The number of fused-ring (bicyclic) bond motifs is 5. The zero-order chi connectivity index (χ0) is 34.6.